The quantitative estimate of drug-likeness (QED) is 0.551. The van der Waals surface area contributed by atoms with E-state index in [2.05, 4.69) is 38.1 Å². The van der Waals surface area contributed by atoms with Gasteiger partial charge in [0.2, 0.25) is 0 Å². The Labute approximate surface area is 54.0 Å². The average molecular weight is 212 g/mol. The fraction of sp³-hybridized carbons (Fsp3) is 0.500. The van der Waals surface area contributed by atoms with E-state index in [0.717, 1.165) is 6.42 Å². The van der Waals surface area contributed by atoms with Crippen molar-refractivity contribution in [2.75, 3.05) is 0 Å². The van der Waals surface area contributed by atoms with Crippen molar-refractivity contribution in [3.63, 3.8) is 0 Å². The van der Waals surface area contributed by atoms with Crippen LogP contribution in [0, 0.1) is 0 Å². The van der Waals surface area contributed by atoms with Gasteiger partial charge in [-0.05, 0) is 0 Å². The monoisotopic (exact) mass is 214 g/mol. The van der Waals surface area contributed by atoms with Gasteiger partial charge in [-0.1, -0.05) is 0 Å². The normalized spacial score (nSPS) is 7.50. The van der Waals surface area contributed by atoms with Gasteiger partial charge in [-0.15, -0.1) is 0 Å². The third-order valence-corrected chi connectivity index (χ3v) is 1.07. The predicted molar refractivity (Wildman–Crippen MR) is 32.9 cm³/mol. The molecule has 6 heavy (non-hydrogen) atoms. The molecule has 0 aromatic heterocycles. The summed E-state index contributed by atoms with van der Waals surface area (Å²) in [5.41, 5.74) is 0. The van der Waals surface area contributed by atoms with Gasteiger partial charge in [-0.25, -0.2) is 0 Å². The van der Waals surface area contributed by atoms with Gasteiger partial charge in [0, 0.05) is 0 Å². The standard InChI is InChI=1S/C4H6Se2/c1-4(6)2-3-5/h3H,2H2,1H3. The Morgan fingerprint density at radius 3 is 2.33 bits per heavy atom. The molecule has 34 valence electrons. The van der Waals surface area contributed by atoms with Crippen molar-refractivity contribution in [1.29, 1.82) is 0 Å². The second-order valence-corrected chi connectivity index (χ2v) is 3.23. The summed E-state index contributed by atoms with van der Waals surface area (Å²) in [4.78, 5) is 2.01. The van der Waals surface area contributed by atoms with Gasteiger partial charge in [-0.3, -0.25) is 0 Å². The molecule has 0 aromatic rings. The molecule has 0 nitrogen and oxygen atoms in total. The molecular formula is C4H6Se2. The summed E-state index contributed by atoms with van der Waals surface area (Å²) in [6.45, 7) is 2.06. The second-order valence-electron chi connectivity index (χ2n) is 1.07. The first-order valence-corrected chi connectivity index (χ1v) is 3.55. The SMILES string of the molecule is CC(=[Se])CC=[Se]. The molecule has 0 aliphatic carbocycles. The van der Waals surface area contributed by atoms with Crippen LogP contribution in [0.25, 0.3) is 0 Å². The molecule has 0 aliphatic heterocycles. The third-order valence-electron chi connectivity index (χ3n) is 0.371. The Balaban J connectivity index is 3.05. The van der Waals surface area contributed by atoms with Crippen molar-refractivity contribution < 1.29 is 0 Å². The molecule has 2 heteroatoms. The van der Waals surface area contributed by atoms with Crippen molar-refractivity contribution in [3.05, 3.63) is 0 Å². The van der Waals surface area contributed by atoms with Crippen molar-refractivity contribution in [2.45, 2.75) is 13.3 Å². The van der Waals surface area contributed by atoms with Crippen LogP contribution in [-0.2, 0) is 0 Å². The molecule has 0 bridgehead atoms. The van der Waals surface area contributed by atoms with Gasteiger partial charge in [-0.2, -0.15) is 0 Å². The van der Waals surface area contributed by atoms with Crippen LogP contribution in [0.15, 0.2) is 0 Å². The van der Waals surface area contributed by atoms with Crippen molar-refractivity contribution in [1.82, 2.24) is 0 Å². The van der Waals surface area contributed by atoms with Crippen LogP contribution in [0.1, 0.15) is 13.3 Å². The Morgan fingerprint density at radius 2 is 2.33 bits per heavy atom. The van der Waals surface area contributed by atoms with Crippen LogP contribution in [0.3, 0.4) is 0 Å². The maximum atomic E-state index is 2.91. The molecule has 0 saturated heterocycles. The van der Waals surface area contributed by atoms with E-state index < -0.39 is 0 Å². The first-order valence-electron chi connectivity index (χ1n) is 1.70. The second kappa shape index (κ2) is 3.95. The zero-order valence-electron chi connectivity index (χ0n) is 3.60. The van der Waals surface area contributed by atoms with E-state index in [0.29, 0.717) is 0 Å². The summed E-state index contributed by atoms with van der Waals surface area (Å²) in [5, 5.41) is 0. The van der Waals surface area contributed by atoms with Crippen LogP contribution in [0.5, 0.6) is 0 Å². The molecule has 0 unspecified atom stereocenters. The predicted octanol–water partition coefficient (Wildman–Crippen LogP) is -0.292. The summed E-state index contributed by atoms with van der Waals surface area (Å²) < 4.78 is 1.33. The van der Waals surface area contributed by atoms with E-state index in [-0.39, 0.29) is 0 Å². The average Bonchev–Trinajstić information content (AvgIpc) is 1.35. The minimum absolute atomic E-state index is 1.06. The summed E-state index contributed by atoms with van der Waals surface area (Å²) in [6, 6.07) is 0. The van der Waals surface area contributed by atoms with Crippen LogP contribution in [0.4, 0.5) is 0 Å². The van der Waals surface area contributed by atoms with Crippen molar-refractivity contribution >= 4 is 40.5 Å². The van der Waals surface area contributed by atoms with Crippen LogP contribution >= 0.6 is 0 Å². The molecule has 0 radical (unpaired) electrons. The topological polar surface area (TPSA) is 0 Å². The van der Waals surface area contributed by atoms with Crippen molar-refractivity contribution in [3.8, 4) is 0 Å². The number of hydrogen-bond acceptors (Lipinski definition) is 0. The van der Waals surface area contributed by atoms with E-state index in [1.165, 1.54) is 4.42 Å². The summed E-state index contributed by atoms with van der Waals surface area (Å²) in [5.74, 6) is 0. The molecular weight excluding hydrogens is 206 g/mol. The van der Waals surface area contributed by atoms with Crippen LogP contribution < -0.4 is 0 Å². The molecule has 0 aromatic carbocycles. The van der Waals surface area contributed by atoms with Crippen molar-refractivity contribution in [2.24, 2.45) is 0 Å². The summed E-state index contributed by atoms with van der Waals surface area (Å²) in [7, 11) is 0. The zero-order valence-corrected chi connectivity index (χ0v) is 7.03. The molecule has 0 spiro atoms. The van der Waals surface area contributed by atoms with E-state index in [1.54, 1.807) is 0 Å². The van der Waals surface area contributed by atoms with Gasteiger partial charge >= 0.3 is 53.8 Å². The van der Waals surface area contributed by atoms with E-state index >= 15 is 0 Å². The maximum absolute atomic E-state index is 2.91. The molecule has 0 fully saturated rings. The Bertz CT molecular complexity index is 65.9. The fourth-order valence-electron chi connectivity index (χ4n) is 0.117. The molecule has 0 saturated carbocycles. The van der Waals surface area contributed by atoms with Gasteiger partial charge in [0.15, 0.2) is 0 Å². The Morgan fingerprint density at radius 1 is 1.83 bits per heavy atom. The first kappa shape index (κ1) is 6.78. The number of rotatable bonds is 2. The van der Waals surface area contributed by atoms with Crippen LogP contribution in [0.2, 0.25) is 0 Å². The number of hydrogen-bond donors (Lipinski definition) is 0. The molecule has 0 atom stereocenters. The van der Waals surface area contributed by atoms with Gasteiger partial charge in [0.05, 0.1) is 0 Å². The molecule has 0 N–H and O–H groups in total. The molecule has 0 rings (SSSR count). The van der Waals surface area contributed by atoms with Gasteiger partial charge < -0.3 is 0 Å². The Hall–Kier alpha value is 0.779. The summed E-state index contributed by atoms with van der Waals surface area (Å²) >= 11 is 5.71. The van der Waals surface area contributed by atoms with Gasteiger partial charge in [0.1, 0.15) is 0 Å². The fourth-order valence-corrected chi connectivity index (χ4v) is 1.35. The zero-order chi connectivity index (χ0) is 4.99. The van der Waals surface area contributed by atoms with E-state index in [4.69, 9.17) is 0 Å². The Kier molecular flexibility index (Phi) is 4.47. The van der Waals surface area contributed by atoms with E-state index in [1.807, 2.05) is 4.92 Å². The molecule has 0 aliphatic rings. The third kappa shape index (κ3) is 4.78. The van der Waals surface area contributed by atoms with Gasteiger partial charge in [0.25, 0.3) is 0 Å². The van der Waals surface area contributed by atoms with Crippen LogP contribution in [-0.4, -0.2) is 40.5 Å². The molecule has 0 heterocycles. The molecule has 0 amide bonds. The van der Waals surface area contributed by atoms with E-state index in [9.17, 15) is 0 Å². The summed E-state index contributed by atoms with van der Waals surface area (Å²) in [6.07, 6.45) is 1.06. The minimum atomic E-state index is 1.06. The first-order chi connectivity index (χ1) is 2.77.